The highest BCUT2D eigenvalue weighted by Gasteiger charge is 2.40. The maximum atomic E-state index is 12.4. The Kier molecular flexibility index (Phi) is 4.01. The molecule has 2 aromatic rings. The van der Waals surface area contributed by atoms with Gasteiger partial charge in [0.05, 0.1) is 10.9 Å². The molecule has 3 rings (SSSR count). The molecule has 1 fully saturated rings. The van der Waals surface area contributed by atoms with Crippen molar-refractivity contribution in [3.63, 3.8) is 0 Å². The van der Waals surface area contributed by atoms with Gasteiger partial charge in [-0.05, 0) is 12.1 Å². The highest BCUT2D eigenvalue weighted by molar-refractivity contribution is 6.33. The molecule has 0 aliphatic carbocycles. The zero-order chi connectivity index (χ0) is 16.6. The van der Waals surface area contributed by atoms with Crippen LogP contribution in [0.2, 0.25) is 5.02 Å². The standard InChI is InChI=1S/C14H11ClF3N3O2/c15-10-4-2-1-3-9(10)12-19-13(23-20-12)8-5-11(22)21(6-8)7-14(16,17)18/h1-4,8H,5-7H2. The average molecular weight is 346 g/mol. The van der Waals surface area contributed by atoms with Crippen LogP contribution < -0.4 is 0 Å². The van der Waals surface area contributed by atoms with E-state index in [-0.39, 0.29) is 24.7 Å². The number of likely N-dealkylation sites (tertiary alicyclic amines) is 1. The lowest BCUT2D eigenvalue weighted by Gasteiger charge is -2.17. The molecule has 1 amide bonds. The SMILES string of the molecule is O=C1CC(c2nc(-c3ccccc3Cl)no2)CN1CC(F)(F)F. The van der Waals surface area contributed by atoms with Crippen LogP contribution in [0.25, 0.3) is 11.4 Å². The maximum Gasteiger partial charge on any atom is 0.406 e. The molecule has 1 aliphatic rings. The van der Waals surface area contributed by atoms with Gasteiger partial charge in [-0.1, -0.05) is 28.9 Å². The van der Waals surface area contributed by atoms with Crippen LogP contribution in [0.1, 0.15) is 18.2 Å². The first-order chi connectivity index (χ1) is 10.8. The van der Waals surface area contributed by atoms with E-state index in [0.717, 1.165) is 4.90 Å². The molecule has 1 saturated heterocycles. The molecule has 5 nitrogen and oxygen atoms in total. The van der Waals surface area contributed by atoms with Gasteiger partial charge in [0.2, 0.25) is 17.6 Å². The fourth-order valence-electron chi connectivity index (χ4n) is 2.46. The van der Waals surface area contributed by atoms with Gasteiger partial charge in [0.1, 0.15) is 6.54 Å². The lowest BCUT2D eigenvalue weighted by atomic mass is 10.1. The Morgan fingerprint density at radius 1 is 1.35 bits per heavy atom. The van der Waals surface area contributed by atoms with Gasteiger partial charge >= 0.3 is 6.18 Å². The van der Waals surface area contributed by atoms with Crippen molar-refractivity contribution in [1.29, 1.82) is 0 Å². The van der Waals surface area contributed by atoms with E-state index in [4.69, 9.17) is 16.1 Å². The third kappa shape index (κ3) is 3.47. The Morgan fingerprint density at radius 3 is 2.78 bits per heavy atom. The van der Waals surface area contributed by atoms with E-state index in [2.05, 4.69) is 10.1 Å². The topological polar surface area (TPSA) is 59.2 Å². The van der Waals surface area contributed by atoms with E-state index in [1.165, 1.54) is 0 Å². The summed E-state index contributed by atoms with van der Waals surface area (Å²) in [4.78, 5) is 16.6. The summed E-state index contributed by atoms with van der Waals surface area (Å²) >= 11 is 6.04. The molecule has 122 valence electrons. The van der Waals surface area contributed by atoms with E-state index >= 15 is 0 Å². The third-order valence-electron chi connectivity index (χ3n) is 3.49. The number of hydrogen-bond acceptors (Lipinski definition) is 4. The number of carbonyl (C=O) groups is 1. The van der Waals surface area contributed by atoms with Crippen LogP contribution in [0.3, 0.4) is 0 Å². The van der Waals surface area contributed by atoms with Gasteiger partial charge in [0, 0.05) is 18.5 Å². The minimum atomic E-state index is -4.43. The summed E-state index contributed by atoms with van der Waals surface area (Å²) < 4.78 is 42.4. The van der Waals surface area contributed by atoms with Crippen molar-refractivity contribution in [3.05, 3.63) is 35.2 Å². The second kappa shape index (κ2) is 5.84. The molecule has 0 spiro atoms. The fraction of sp³-hybridized carbons (Fsp3) is 0.357. The van der Waals surface area contributed by atoms with Crippen LogP contribution >= 0.6 is 11.6 Å². The van der Waals surface area contributed by atoms with Crippen molar-refractivity contribution in [2.45, 2.75) is 18.5 Å². The monoisotopic (exact) mass is 345 g/mol. The minimum Gasteiger partial charge on any atom is -0.339 e. The largest absolute Gasteiger partial charge is 0.406 e. The molecule has 2 heterocycles. The normalized spacial score (nSPS) is 18.7. The minimum absolute atomic E-state index is 0.0831. The van der Waals surface area contributed by atoms with Crippen molar-refractivity contribution in [1.82, 2.24) is 15.0 Å². The molecule has 0 N–H and O–H groups in total. The number of aromatic nitrogens is 2. The average Bonchev–Trinajstić information content (AvgIpc) is 3.06. The number of nitrogens with zero attached hydrogens (tertiary/aromatic N) is 3. The van der Waals surface area contributed by atoms with Gasteiger partial charge in [-0.25, -0.2) is 0 Å². The van der Waals surface area contributed by atoms with E-state index in [0.29, 0.717) is 10.6 Å². The number of benzene rings is 1. The van der Waals surface area contributed by atoms with Crippen LogP contribution in [0, 0.1) is 0 Å². The van der Waals surface area contributed by atoms with Gasteiger partial charge < -0.3 is 9.42 Å². The highest BCUT2D eigenvalue weighted by Crippen LogP contribution is 2.32. The first-order valence-corrected chi connectivity index (χ1v) is 7.14. The molecule has 1 aliphatic heterocycles. The summed E-state index contributed by atoms with van der Waals surface area (Å²) in [5.74, 6) is -0.747. The van der Waals surface area contributed by atoms with E-state index in [1.54, 1.807) is 24.3 Å². The summed E-state index contributed by atoms with van der Waals surface area (Å²) in [7, 11) is 0. The number of halogens is 4. The van der Waals surface area contributed by atoms with E-state index in [9.17, 15) is 18.0 Å². The second-order valence-electron chi connectivity index (χ2n) is 5.23. The first kappa shape index (κ1) is 15.8. The van der Waals surface area contributed by atoms with Crippen LogP contribution in [0.4, 0.5) is 13.2 Å². The summed E-state index contributed by atoms with van der Waals surface area (Å²) in [5.41, 5.74) is 0.556. The molecule has 0 saturated carbocycles. The summed E-state index contributed by atoms with van der Waals surface area (Å²) in [6.45, 7) is -1.36. The van der Waals surface area contributed by atoms with Crippen molar-refractivity contribution in [3.8, 4) is 11.4 Å². The predicted molar refractivity (Wildman–Crippen MR) is 74.7 cm³/mol. The lowest BCUT2D eigenvalue weighted by molar-refractivity contribution is -0.157. The third-order valence-corrected chi connectivity index (χ3v) is 3.82. The van der Waals surface area contributed by atoms with Crippen molar-refractivity contribution >= 4 is 17.5 Å². The Bertz CT molecular complexity index is 732. The summed E-state index contributed by atoms with van der Waals surface area (Å²) in [5, 5.41) is 4.23. The molecule has 1 aromatic heterocycles. The van der Waals surface area contributed by atoms with Crippen LogP contribution in [0.5, 0.6) is 0 Å². The zero-order valence-electron chi connectivity index (χ0n) is 11.7. The Balaban J connectivity index is 1.77. The number of carbonyl (C=O) groups excluding carboxylic acids is 1. The maximum absolute atomic E-state index is 12.4. The molecule has 1 unspecified atom stereocenters. The molecule has 1 aromatic carbocycles. The Hall–Kier alpha value is -2.09. The molecule has 9 heteroatoms. The van der Waals surface area contributed by atoms with Crippen molar-refractivity contribution < 1.29 is 22.5 Å². The summed E-state index contributed by atoms with van der Waals surface area (Å²) in [6.07, 6.45) is -4.51. The molecule has 1 atom stereocenters. The first-order valence-electron chi connectivity index (χ1n) is 6.76. The van der Waals surface area contributed by atoms with Gasteiger partial charge in [-0.3, -0.25) is 4.79 Å². The summed E-state index contributed by atoms with van der Waals surface area (Å²) in [6, 6.07) is 6.86. The number of amides is 1. The van der Waals surface area contributed by atoms with Crippen LogP contribution in [-0.4, -0.2) is 40.2 Å². The predicted octanol–water partition coefficient (Wildman–Crippen LogP) is 3.27. The number of hydrogen-bond donors (Lipinski definition) is 0. The van der Waals surface area contributed by atoms with Crippen molar-refractivity contribution in [2.75, 3.05) is 13.1 Å². The lowest BCUT2D eigenvalue weighted by Crippen LogP contribution is -2.35. The Labute approximate surface area is 134 Å². The van der Waals surface area contributed by atoms with Crippen molar-refractivity contribution in [2.24, 2.45) is 0 Å². The molecular formula is C14H11ClF3N3O2. The smallest absolute Gasteiger partial charge is 0.339 e. The van der Waals surface area contributed by atoms with Gasteiger partial charge in [-0.15, -0.1) is 0 Å². The fourth-order valence-corrected chi connectivity index (χ4v) is 2.68. The zero-order valence-corrected chi connectivity index (χ0v) is 12.4. The van der Waals surface area contributed by atoms with Crippen LogP contribution in [0.15, 0.2) is 28.8 Å². The quantitative estimate of drug-likeness (QED) is 0.856. The molecule has 0 radical (unpaired) electrons. The molecular weight excluding hydrogens is 335 g/mol. The van der Waals surface area contributed by atoms with Gasteiger partial charge in [0.25, 0.3) is 0 Å². The van der Waals surface area contributed by atoms with Gasteiger partial charge in [-0.2, -0.15) is 18.2 Å². The number of alkyl halides is 3. The van der Waals surface area contributed by atoms with E-state index < -0.39 is 24.5 Å². The highest BCUT2D eigenvalue weighted by atomic mass is 35.5. The van der Waals surface area contributed by atoms with E-state index in [1.807, 2.05) is 0 Å². The molecule has 0 bridgehead atoms. The van der Waals surface area contributed by atoms with Crippen LogP contribution in [-0.2, 0) is 4.79 Å². The van der Waals surface area contributed by atoms with Gasteiger partial charge in [0.15, 0.2) is 0 Å². The second-order valence-corrected chi connectivity index (χ2v) is 5.63. The number of rotatable bonds is 3. The molecule has 23 heavy (non-hydrogen) atoms. The Morgan fingerprint density at radius 2 is 2.09 bits per heavy atom.